The van der Waals surface area contributed by atoms with Gasteiger partial charge in [-0.1, -0.05) is 7.43 Å². The van der Waals surface area contributed by atoms with Crippen molar-refractivity contribution in [3.63, 3.8) is 0 Å². The van der Waals surface area contributed by atoms with Gasteiger partial charge >= 0.3 is 6.09 Å². The van der Waals surface area contributed by atoms with Gasteiger partial charge in [0, 0.05) is 6.04 Å². The van der Waals surface area contributed by atoms with Crippen molar-refractivity contribution < 1.29 is 9.53 Å². The van der Waals surface area contributed by atoms with Gasteiger partial charge in [-0.3, -0.25) is 0 Å². The van der Waals surface area contributed by atoms with Gasteiger partial charge in [-0.25, -0.2) is 4.79 Å². The lowest BCUT2D eigenvalue weighted by atomic mass is 10.1. The highest BCUT2D eigenvalue weighted by molar-refractivity contribution is 5.68. The minimum Gasteiger partial charge on any atom is -0.444 e. The number of hydrogen-bond acceptors (Lipinski definition) is 3. The van der Waals surface area contributed by atoms with E-state index in [9.17, 15) is 4.79 Å². The average Bonchev–Trinajstić information content (AvgIpc) is 2.02. The first-order valence-electron chi connectivity index (χ1n) is 5.17. The molecule has 1 fully saturated rings. The van der Waals surface area contributed by atoms with Crippen molar-refractivity contribution >= 4 is 6.09 Å². The molecule has 0 aliphatic carbocycles. The third kappa shape index (κ3) is 6.33. The molecule has 0 radical (unpaired) electrons. The van der Waals surface area contributed by atoms with Crippen molar-refractivity contribution in [3.8, 4) is 0 Å². The molecule has 0 aromatic rings. The summed E-state index contributed by atoms with van der Waals surface area (Å²) in [5.41, 5.74) is -0.406. The molecular formula is C11H24N2O2. The molecule has 4 nitrogen and oxygen atoms in total. The maximum absolute atomic E-state index is 11.4. The highest BCUT2D eigenvalue weighted by atomic mass is 16.6. The lowest BCUT2D eigenvalue weighted by Gasteiger charge is -2.26. The molecular weight excluding hydrogens is 192 g/mol. The van der Waals surface area contributed by atoms with Gasteiger partial charge in [0.2, 0.25) is 0 Å². The molecule has 0 saturated carbocycles. The van der Waals surface area contributed by atoms with Crippen LogP contribution in [0.3, 0.4) is 0 Å². The minimum absolute atomic E-state index is 0. The number of hydrogen-bond donors (Lipinski definition) is 2. The molecule has 1 amide bonds. The smallest absolute Gasteiger partial charge is 0.407 e. The van der Waals surface area contributed by atoms with E-state index in [1.165, 1.54) is 0 Å². The van der Waals surface area contributed by atoms with E-state index < -0.39 is 5.60 Å². The van der Waals surface area contributed by atoms with Crippen molar-refractivity contribution in [3.05, 3.63) is 0 Å². The van der Waals surface area contributed by atoms with Crippen LogP contribution in [0, 0.1) is 0 Å². The van der Waals surface area contributed by atoms with Crippen molar-refractivity contribution in [1.82, 2.24) is 10.6 Å². The molecule has 1 heterocycles. The number of alkyl carbamates (subject to hydrolysis) is 1. The minimum atomic E-state index is -0.406. The molecule has 1 aliphatic heterocycles. The molecule has 0 unspecified atom stereocenters. The number of rotatable bonds is 1. The fourth-order valence-electron chi connectivity index (χ4n) is 1.44. The highest BCUT2D eigenvalue weighted by Gasteiger charge is 2.20. The molecule has 0 spiro atoms. The number of nitrogens with one attached hydrogen (secondary N) is 2. The quantitative estimate of drug-likeness (QED) is 0.704. The largest absolute Gasteiger partial charge is 0.444 e. The van der Waals surface area contributed by atoms with Crippen LogP contribution in [0.15, 0.2) is 0 Å². The molecule has 0 bridgehead atoms. The molecule has 0 atom stereocenters. The van der Waals surface area contributed by atoms with E-state index in [0.29, 0.717) is 0 Å². The summed E-state index contributed by atoms with van der Waals surface area (Å²) < 4.78 is 5.17. The molecule has 1 saturated heterocycles. The first-order valence-corrected chi connectivity index (χ1v) is 5.17. The SMILES string of the molecule is C.CC(C)(C)OC(=O)NC1CCNCC1. The fourth-order valence-corrected chi connectivity index (χ4v) is 1.44. The second-order valence-corrected chi connectivity index (χ2v) is 4.67. The molecule has 2 N–H and O–H groups in total. The van der Waals surface area contributed by atoms with Gasteiger partial charge < -0.3 is 15.4 Å². The summed E-state index contributed by atoms with van der Waals surface area (Å²) in [6.07, 6.45) is 1.67. The number of piperidine rings is 1. The van der Waals surface area contributed by atoms with E-state index >= 15 is 0 Å². The zero-order valence-electron chi connectivity index (χ0n) is 9.22. The molecule has 1 rings (SSSR count). The van der Waals surface area contributed by atoms with Gasteiger partial charge in [-0.2, -0.15) is 0 Å². The van der Waals surface area contributed by atoms with E-state index in [1.54, 1.807) is 0 Å². The fraction of sp³-hybridized carbons (Fsp3) is 0.909. The van der Waals surface area contributed by atoms with E-state index in [0.717, 1.165) is 25.9 Å². The van der Waals surface area contributed by atoms with E-state index in [-0.39, 0.29) is 19.6 Å². The summed E-state index contributed by atoms with van der Waals surface area (Å²) in [5.74, 6) is 0. The molecule has 1 aliphatic rings. The van der Waals surface area contributed by atoms with Crippen LogP contribution in [0.5, 0.6) is 0 Å². The third-order valence-corrected chi connectivity index (χ3v) is 2.06. The Bertz CT molecular complexity index is 193. The first kappa shape index (κ1) is 14.2. The van der Waals surface area contributed by atoms with Crippen molar-refractivity contribution in [2.45, 2.75) is 52.7 Å². The monoisotopic (exact) mass is 216 g/mol. The molecule has 90 valence electrons. The van der Waals surface area contributed by atoms with Crippen LogP contribution < -0.4 is 10.6 Å². The standard InChI is InChI=1S/C10H20N2O2.CH4/c1-10(2,3)14-9(13)12-8-4-6-11-7-5-8;/h8,11H,4-7H2,1-3H3,(H,12,13);1H4. The summed E-state index contributed by atoms with van der Waals surface area (Å²) in [6.45, 7) is 7.56. The van der Waals surface area contributed by atoms with E-state index in [4.69, 9.17) is 4.74 Å². The zero-order chi connectivity index (χ0) is 10.6. The Hall–Kier alpha value is -0.770. The van der Waals surface area contributed by atoms with Crippen LogP contribution in [-0.4, -0.2) is 30.8 Å². The number of ether oxygens (including phenoxy) is 1. The molecule has 0 aromatic heterocycles. The van der Waals surface area contributed by atoms with Crippen LogP contribution in [-0.2, 0) is 4.74 Å². The second kappa shape index (κ2) is 5.95. The van der Waals surface area contributed by atoms with Gasteiger partial charge in [0.25, 0.3) is 0 Å². The number of carbonyl (C=O) groups is 1. The van der Waals surface area contributed by atoms with Crippen molar-refractivity contribution in [2.24, 2.45) is 0 Å². The Labute approximate surface area is 92.8 Å². The lowest BCUT2D eigenvalue weighted by Crippen LogP contribution is -2.44. The normalized spacial score (nSPS) is 17.8. The van der Waals surface area contributed by atoms with Crippen LogP contribution >= 0.6 is 0 Å². The van der Waals surface area contributed by atoms with Crippen LogP contribution in [0.1, 0.15) is 41.0 Å². The Morgan fingerprint density at radius 2 is 1.87 bits per heavy atom. The Kier molecular flexibility index (Phi) is 5.65. The highest BCUT2D eigenvalue weighted by Crippen LogP contribution is 2.08. The van der Waals surface area contributed by atoms with Crippen molar-refractivity contribution in [2.75, 3.05) is 13.1 Å². The van der Waals surface area contributed by atoms with Crippen LogP contribution in [0.25, 0.3) is 0 Å². The van der Waals surface area contributed by atoms with Gasteiger partial charge in [0.05, 0.1) is 0 Å². The topological polar surface area (TPSA) is 50.4 Å². The van der Waals surface area contributed by atoms with Gasteiger partial charge in [0.15, 0.2) is 0 Å². The zero-order valence-corrected chi connectivity index (χ0v) is 9.22. The summed E-state index contributed by atoms with van der Waals surface area (Å²) >= 11 is 0. The Morgan fingerprint density at radius 1 is 1.33 bits per heavy atom. The van der Waals surface area contributed by atoms with Gasteiger partial charge in [-0.05, 0) is 46.7 Å². The van der Waals surface area contributed by atoms with Crippen LogP contribution in [0.4, 0.5) is 4.79 Å². The first-order chi connectivity index (χ1) is 6.47. The summed E-state index contributed by atoms with van der Waals surface area (Å²) in [4.78, 5) is 11.4. The lowest BCUT2D eigenvalue weighted by molar-refractivity contribution is 0.0495. The van der Waals surface area contributed by atoms with Crippen LogP contribution in [0.2, 0.25) is 0 Å². The third-order valence-electron chi connectivity index (χ3n) is 2.06. The summed E-state index contributed by atoms with van der Waals surface area (Å²) in [5, 5.41) is 6.12. The Balaban J connectivity index is 0.00000196. The van der Waals surface area contributed by atoms with E-state index in [1.807, 2.05) is 20.8 Å². The predicted octanol–water partition coefficient (Wildman–Crippen LogP) is 1.90. The van der Waals surface area contributed by atoms with Crippen molar-refractivity contribution in [1.29, 1.82) is 0 Å². The maximum atomic E-state index is 11.4. The molecule has 4 heteroatoms. The average molecular weight is 216 g/mol. The summed E-state index contributed by atoms with van der Waals surface area (Å²) in [7, 11) is 0. The number of amides is 1. The summed E-state index contributed by atoms with van der Waals surface area (Å²) in [6, 6.07) is 0.270. The maximum Gasteiger partial charge on any atom is 0.407 e. The predicted molar refractivity (Wildman–Crippen MR) is 62.0 cm³/mol. The van der Waals surface area contributed by atoms with E-state index in [2.05, 4.69) is 10.6 Å². The number of carbonyl (C=O) groups excluding carboxylic acids is 1. The second-order valence-electron chi connectivity index (χ2n) is 4.67. The van der Waals surface area contributed by atoms with Gasteiger partial charge in [0.1, 0.15) is 5.60 Å². The Morgan fingerprint density at radius 3 is 2.33 bits per heavy atom. The van der Waals surface area contributed by atoms with Gasteiger partial charge in [-0.15, -0.1) is 0 Å². The molecule has 15 heavy (non-hydrogen) atoms. The molecule has 0 aromatic carbocycles.